The third-order valence-corrected chi connectivity index (χ3v) is 11.5. The molecule has 0 radical (unpaired) electrons. The number of aromatic nitrogens is 2. The molecule has 1 aliphatic carbocycles. The van der Waals surface area contributed by atoms with Gasteiger partial charge in [0.05, 0.1) is 21.8 Å². The van der Waals surface area contributed by atoms with Gasteiger partial charge in [0.15, 0.2) is 0 Å². The molecule has 7 nitrogen and oxygen atoms in total. The molecule has 7 rings (SSSR count). The Balaban J connectivity index is 1.02. The molecule has 1 saturated carbocycles. The largest absolute Gasteiger partial charge is 0.344 e. The quantitative estimate of drug-likeness (QED) is 0.186. The Hall–Kier alpha value is -3.40. The summed E-state index contributed by atoms with van der Waals surface area (Å²) in [6.07, 6.45) is 10.7. The molecule has 2 aromatic heterocycles. The molecular formula is C36H41N5O2S2. The van der Waals surface area contributed by atoms with Crippen LogP contribution in [-0.2, 0) is 9.59 Å². The second kappa shape index (κ2) is 13.1. The van der Waals surface area contributed by atoms with Crippen LogP contribution in [-0.4, -0.2) is 45.8 Å². The molecule has 3 aliphatic rings. The van der Waals surface area contributed by atoms with Crippen LogP contribution in [0.3, 0.4) is 0 Å². The SMILES string of the molecule is CC(C)C[C@@H](NC(=O)C1CC1)C(=O)N1CCC[C@H]1c1ncc(-c2ccc(-c3ccc(-c4cnc([C@@H]5CCCN5)s4)cc3)cc2)s1. The predicted octanol–water partition coefficient (Wildman–Crippen LogP) is 7.63. The Morgan fingerprint density at radius 1 is 0.844 bits per heavy atom. The third-order valence-electron chi connectivity index (χ3n) is 9.17. The zero-order valence-electron chi connectivity index (χ0n) is 26.0. The number of nitrogens with zero attached hydrogens (tertiary/aromatic N) is 3. The van der Waals surface area contributed by atoms with Crippen LogP contribution in [0.4, 0.5) is 0 Å². The van der Waals surface area contributed by atoms with E-state index in [2.05, 4.69) is 78.0 Å². The fourth-order valence-corrected chi connectivity index (χ4v) is 8.63. The molecule has 2 aliphatic heterocycles. The van der Waals surface area contributed by atoms with Gasteiger partial charge in [-0.2, -0.15) is 0 Å². The lowest BCUT2D eigenvalue weighted by molar-refractivity contribution is -0.138. The fraction of sp³-hybridized carbons (Fsp3) is 0.444. The monoisotopic (exact) mass is 639 g/mol. The van der Waals surface area contributed by atoms with Crippen LogP contribution < -0.4 is 10.6 Å². The van der Waals surface area contributed by atoms with E-state index in [0.717, 1.165) is 47.7 Å². The van der Waals surface area contributed by atoms with Crippen LogP contribution in [0.1, 0.15) is 80.9 Å². The van der Waals surface area contributed by atoms with Gasteiger partial charge in [0.1, 0.15) is 16.1 Å². The molecule has 2 N–H and O–H groups in total. The third kappa shape index (κ3) is 6.76. The van der Waals surface area contributed by atoms with Crippen molar-refractivity contribution < 1.29 is 9.59 Å². The van der Waals surface area contributed by atoms with Crippen molar-refractivity contribution in [3.05, 3.63) is 70.9 Å². The van der Waals surface area contributed by atoms with E-state index >= 15 is 0 Å². The topological polar surface area (TPSA) is 87.2 Å². The van der Waals surface area contributed by atoms with E-state index in [1.807, 2.05) is 17.3 Å². The van der Waals surface area contributed by atoms with Gasteiger partial charge in [-0.1, -0.05) is 62.4 Å². The standard InChI is InChI=1S/C36H41N5O2S2/c1-22(2)19-29(40-33(42)27-15-16-27)36(43)41-18-4-6-30(41)35-39-21-32(45-35)26-13-9-24(10-14-26)23-7-11-25(12-8-23)31-20-38-34(44-31)28-5-3-17-37-28/h7-14,20-22,27-30,37H,3-6,15-19H2,1-2H3,(H,40,42)/t28-,29+,30-/m0/s1. The lowest BCUT2D eigenvalue weighted by Gasteiger charge is -2.29. The molecule has 0 spiro atoms. The van der Waals surface area contributed by atoms with Crippen LogP contribution in [0, 0.1) is 11.8 Å². The zero-order chi connectivity index (χ0) is 30.9. The van der Waals surface area contributed by atoms with E-state index in [0.29, 0.717) is 24.9 Å². The van der Waals surface area contributed by atoms with Gasteiger partial charge in [-0.05, 0) is 79.7 Å². The van der Waals surface area contributed by atoms with Crippen molar-refractivity contribution in [3.8, 4) is 32.0 Å². The molecule has 234 valence electrons. The van der Waals surface area contributed by atoms with Crippen molar-refractivity contribution in [1.82, 2.24) is 25.5 Å². The van der Waals surface area contributed by atoms with Crippen molar-refractivity contribution in [2.45, 2.75) is 76.9 Å². The molecule has 2 amide bonds. The van der Waals surface area contributed by atoms with Gasteiger partial charge in [0.2, 0.25) is 11.8 Å². The lowest BCUT2D eigenvalue weighted by Crippen LogP contribution is -2.49. The lowest BCUT2D eigenvalue weighted by atomic mass is 10.0. The first-order chi connectivity index (χ1) is 21.9. The average molecular weight is 640 g/mol. The van der Waals surface area contributed by atoms with Gasteiger partial charge in [-0.25, -0.2) is 9.97 Å². The summed E-state index contributed by atoms with van der Waals surface area (Å²) in [4.78, 5) is 40.1. The minimum Gasteiger partial charge on any atom is -0.344 e. The number of hydrogen-bond acceptors (Lipinski definition) is 7. The normalized spacial score (nSPS) is 20.6. The molecular weight excluding hydrogens is 599 g/mol. The van der Waals surface area contributed by atoms with Gasteiger partial charge < -0.3 is 15.5 Å². The highest BCUT2D eigenvalue weighted by molar-refractivity contribution is 7.15. The first-order valence-electron chi connectivity index (χ1n) is 16.4. The summed E-state index contributed by atoms with van der Waals surface area (Å²) in [7, 11) is 0. The predicted molar refractivity (Wildman–Crippen MR) is 182 cm³/mol. The number of benzene rings is 2. The van der Waals surface area contributed by atoms with Crippen LogP contribution in [0.25, 0.3) is 32.0 Å². The highest BCUT2D eigenvalue weighted by atomic mass is 32.1. The van der Waals surface area contributed by atoms with Crippen LogP contribution in [0.15, 0.2) is 60.9 Å². The molecule has 9 heteroatoms. The van der Waals surface area contributed by atoms with Crippen LogP contribution >= 0.6 is 22.7 Å². The summed E-state index contributed by atoms with van der Waals surface area (Å²) < 4.78 is 0. The van der Waals surface area contributed by atoms with Crippen molar-refractivity contribution >= 4 is 34.5 Å². The molecule has 0 unspecified atom stereocenters. The number of hydrogen-bond donors (Lipinski definition) is 2. The van der Waals surface area contributed by atoms with E-state index in [-0.39, 0.29) is 23.8 Å². The molecule has 2 aromatic carbocycles. The Morgan fingerprint density at radius 2 is 1.44 bits per heavy atom. The average Bonchev–Trinajstić information content (AvgIpc) is 3.55. The van der Waals surface area contributed by atoms with Gasteiger partial charge in [0, 0.05) is 24.9 Å². The number of rotatable bonds is 10. The highest BCUT2D eigenvalue weighted by Gasteiger charge is 2.38. The minimum atomic E-state index is -0.464. The van der Waals surface area contributed by atoms with Crippen LogP contribution in [0.5, 0.6) is 0 Å². The summed E-state index contributed by atoms with van der Waals surface area (Å²) in [5.74, 6) is 0.475. The van der Waals surface area contributed by atoms with Gasteiger partial charge in [-0.15, -0.1) is 22.7 Å². The van der Waals surface area contributed by atoms with Gasteiger partial charge in [0.25, 0.3) is 0 Å². The second-order valence-corrected chi connectivity index (χ2v) is 15.2. The summed E-state index contributed by atoms with van der Waals surface area (Å²) >= 11 is 3.46. The van der Waals surface area contributed by atoms with Crippen molar-refractivity contribution in [2.75, 3.05) is 13.1 Å². The molecule has 45 heavy (non-hydrogen) atoms. The maximum atomic E-state index is 13.7. The summed E-state index contributed by atoms with van der Waals surface area (Å²) in [6, 6.07) is 17.3. The number of likely N-dealkylation sites (tertiary alicyclic amines) is 1. The Morgan fingerprint density at radius 3 is 2.02 bits per heavy atom. The summed E-state index contributed by atoms with van der Waals surface area (Å²) in [5.41, 5.74) is 4.69. The van der Waals surface area contributed by atoms with Crippen molar-refractivity contribution in [1.29, 1.82) is 0 Å². The van der Waals surface area contributed by atoms with Gasteiger partial charge >= 0.3 is 0 Å². The Bertz CT molecular complexity index is 1630. The molecule has 3 fully saturated rings. The second-order valence-electron chi connectivity index (χ2n) is 13.1. The molecule has 3 atom stereocenters. The number of carbonyl (C=O) groups excluding carboxylic acids is 2. The number of thiazole rings is 2. The summed E-state index contributed by atoms with van der Waals surface area (Å²) in [6.45, 7) is 6.00. The smallest absolute Gasteiger partial charge is 0.245 e. The minimum absolute atomic E-state index is 0.0337. The Labute approximate surface area is 273 Å². The number of amides is 2. The molecule has 4 heterocycles. The maximum absolute atomic E-state index is 13.7. The fourth-order valence-electron chi connectivity index (χ4n) is 6.52. The van der Waals surface area contributed by atoms with E-state index in [1.165, 1.54) is 39.4 Å². The maximum Gasteiger partial charge on any atom is 0.245 e. The zero-order valence-corrected chi connectivity index (χ0v) is 27.6. The molecule has 4 aromatic rings. The Kier molecular flexibility index (Phi) is 8.84. The van der Waals surface area contributed by atoms with Crippen LogP contribution in [0.2, 0.25) is 0 Å². The first-order valence-corrected chi connectivity index (χ1v) is 18.0. The van der Waals surface area contributed by atoms with E-state index in [1.54, 1.807) is 22.7 Å². The van der Waals surface area contributed by atoms with Crippen molar-refractivity contribution in [2.24, 2.45) is 11.8 Å². The summed E-state index contributed by atoms with van der Waals surface area (Å²) in [5, 5.41) is 8.78. The van der Waals surface area contributed by atoms with E-state index in [4.69, 9.17) is 4.98 Å². The number of nitrogens with one attached hydrogen (secondary N) is 2. The highest BCUT2D eigenvalue weighted by Crippen LogP contribution is 2.39. The number of carbonyl (C=O) groups is 2. The van der Waals surface area contributed by atoms with E-state index < -0.39 is 6.04 Å². The first kappa shape index (κ1) is 30.3. The van der Waals surface area contributed by atoms with Crippen molar-refractivity contribution in [3.63, 3.8) is 0 Å². The van der Waals surface area contributed by atoms with Gasteiger partial charge in [-0.3, -0.25) is 9.59 Å². The molecule has 2 saturated heterocycles. The molecule has 0 bridgehead atoms. The van der Waals surface area contributed by atoms with E-state index in [9.17, 15) is 9.59 Å².